The first-order valence-electron chi connectivity index (χ1n) is 8.21. The maximum Gasteiger partial charge on any atom is 0.225 e. The van der Waals surface area contributed by atoms with Crippen molar-refractivity contribution in [3.63, 3.8) is 0 Å². The summed E-state index contributed by atoms with van der Waals surface area (Å²) in [6.07, 6.45) is 7.54. The molecule has 0 bridgehead atoms. The molecule has 2 fully saturated rings. The molecule has 2 heterocycles. The van der Waals surface area contributed by atoms with Gasteiger partial charge in [-0.3, -0.25) is 4.90 Å². The number of nitrogens with zero attached hydrogens (tertiary/aromatic N) is 4. The third kappa shape index (κ3) is 2.84. The van der Waals surface area contributed by atoms with E-state index in [1.54, 1.807) is 0 Å². The average molecular weight is 361 g/mol. The van der Waals surface area contributed by atoms with Crippen LogP contribution in [0.4, 0.5) is 5.95 Å². The predicted octanol–water partition coefficient (Wildman–Crippen LogP) is 3.46. The van der Waals surface area contributed by atoms with Gasteiger partial charge in [0.05, 0.1) is 5.52 Å². The molecule has 1 saturated carbocycles. The normalized spacial score (nSPS) is 20.9. The molecule has 2 aromatic rings. The summed E-state index contributed by atoms with van der Waals surface area (Å²) in [7, 11) is 0. The highest BCUT2D eigenvalue weighted by molar-refractivity contribution is 9.10. The Hall–Kier alpha value is -1.20. The first-order valence-corrected chi connectivity index (χ1v) is 9.00. The Bertz CT molecular complexity index is 661. The van der Waals surface area contributed by atoms with Crippen molar-refractivity contribution >= 4 is 32.8 Å². The van der Waals surface area contributed by atoms with Crippen molar-refractivity contribution in [1.82, 2.24) is 14.9 Å². The summed E-state index contributed by atoms with van der Waals surface area (Å²) in [6.45, 7) is 4.37. The SMILES string of the molecule is Brc1ccc2nc(N3CCN(C4CCCC4)CC3)ncc2c1. The van der Waals surface area contributed by atoms with Crippen molar-refractivity contribution in [2.45, 2.75) is 31.7 Å². The van der Waals surface area contributed by atoms with Crippen LogP contribution in [-0.4, -0.2) is 47.1 Å². The van der Waals surface area contributed by atoms with Gasteiger partial charge in [-0.05, 0) is 31.0 Å². The maximum atomic E-state index is 4.74. The largest absolute Gasteiger partial charge is 0.338 e. The smallest absolute Gasteiger partial charge is 0.225 e. The van der Waals surface area contributed by atoms with Crippen molar-refractivity contribution in [3.8, 4) is 0 Å². The van der Waals surface area contributed by atoms with Crippen LogP contribution in [0, 0.1) is 0 Å². The number of halogens is 1. The lowest BCUT2D eigenvalue weighted by Crippen LogP contribution is -2.50. The van der Waals surface area contributed by atoms with Gasteiger partial charge >= 0.3 is 0 Å². The number of hydrogen-bond donors (Lipinski definition) is 0. The van der Waals surface area contributed by atoms with E-state index in [1.165, 1.54) is 25.7 Å². The number of rotatable bonds is 2. The molecule has 22 heavy (non-hydrogen) atoms. The van der Waals surface area contributed by atoms with Crippen molar-refractivity contribution in [1.29, 1.82) is 0 Å². The fourth-order valence-corrected chi connectivity index (χ4v) is 4.08. The van der Waals surface area contributed by atoms with E-state index in [0.29, 0.717) is 0 Å². The van der Waals surface area contributed by atoms with Gasteiger partial charge < -0.3 is 4.90 Å². The van der Waals surface area contributed by atoms with Crippen molar-refractivity contribution < 1.29 is 0 Å². The molecule has 0 spiro atoms. The van der Waals surface area contributed by atoms with Crippen LogP contribution in [0.15, 0.2) is 28.9 Å². The Morgan fingerprint density at radius 3 is 2.59 bits per heavy atom. The minimum atomic E-state index is 0.831. The molecule has 4 nitrogen and oxygen atoms in total. The molecule has 0 unspecified atom stereocenters. The molecule has 2 aliphatic rings. The number of benzene rings is 1. The van der Waals surface area contributed by atoms with Gasteiger partial charge in [-0.1, -0.05) is 28.8 Å². The van der Waals surface area contributed by atoms with Crippen LogP contribution >= 0.6 is 15.9 Å². The van der Waals surface area contributed by atoms with Crippen molar-refractivity contribution in [3.05, 3.63) is 28.9 Å². The van der Waals surface area contributed by atoms with E-state index in [-0.39, 0.29) is 0 Å². The Labute approximate surface area is 139 Å². The molecule has 1 saturated heterocycles. The molecule has 1 aliphatic heterocycles. The van der Waals surface area contributed by atoms with Crippen molar-refractivity contribution in [2.75, 3.05) is 31.1 Å². The zero-order valence-corrected chi connectivity index (χ0v) is 14.3. The van der Waals surface area contributed by atoms with Crippen LogP contribution in [0.2, 0.25) is 0 Å². The molecule has 4 rings (SSSR count). The Morgan fingerprint density at radius 2 is 1.82 bits per heavy atom. The number of aromatic nitrogens is 2. The zero-order valence-electron chi connectivity index (χ0n) is 12.7. The first-order chi connectivity index (χ1) is 10.8. The average Bonchev–Trinajstić information content (AvgIpc) is 3.09. The van der Waals surface area contributed by atoms with Gasteiger partial charge in [-0.2, -0.15) is 0 Å². The summed E-state index contributed by atoms with van der Waals surface area (Å²) < 4.78 is 1.07. The fraction of sp³-hybridized carbons (Fsp3) is 0.529. The van der Waals surface area contributed by atoms with Crippen LogP contribution in [0.1, 0.15) is 25.7 Å². The van der Waals surface area contributed by atoms with Gasteiger partial charge in [0.2, 0.25) is 5.95 Å². The Morgan fingerprint density at radius 1 is 1.05 bits per heavy atom. The number of fused-ring (bicyclic) bond motifs is 1. The molecule has 0 radical (unpaired) electrons. The van der Waals surface area contributed by atoms with Gasteiger partial charge in [0.25, 0.3) is 0 Å². The highest BCUT2D eigenvalue weighted by atomic mass is 79.9. The molecule has 0 amide bonds. The standard InChI is InChI=1S/C17H21BrN4/c18-14-5-6-16-13(11-14)12-19-17(20-16)22-9-7-21(8-10-22)15-3-1-2-4-15/h5-6,11-12,15H,1-4,7-10H2. The third-order valence-corrected chi connectivity index (χ3v) is 5.46. The molecular formula is C17H21BrN4. The van der Waals surface area contributed by atoms with E-state index < -0.39 is 0 Å². The van der Waals surface area contributed by atoms with E-state index in [1.807, 2.05) is 12.3 Å². The summed E-state index contributed by atoms with van der Waals surface area (Å²) in [5.74, 6) is 0.876. The summed E-state index contributed by atoms with van der Waals surface area (Å²) in [5, 5.41) is 1.09. The van der Waals surface area contributed by atoms with Crippen LogP contribution in [-0.2, 0) is 0 Å². The lowest BCUT2D eigenvalue weighted by molar-refractivity contribution is 0.187. The summed E-state index contributed by atoms with van der Waals surface area (Å²) >= 11 is 3.49. The highest BCUT2D eigenvalue weighted by Crippen LogP contribution is 2.25. The molecule has 1 aromatic carbocycles. The van der Waals surface area contributed by atoms with Gasteiger partial charge in [0, 0.05) is 48.3 Å². The number of anilines is 1. The molecule has 1 aromatic heterocycles. The Kier molecular flexibility index (Phi) is 4.01. The van der Waals surface area contributed by atoms with Gasteiger partial charge in [-0.15, -0.1) is 0 Å². The second kappa shape index (κ2) is 6.13. The number of piperazine rings is 1. The molecule has 116 valence electrons. The van der Waals surface area contributed by atoms with Crippen LogP contribution in [0.3, 0.4) is 0 Å². The van der Waals surface area contributed by atoms with Crippen LogP contribution < -0.4 is 4.90 Å². The van der Waals surface area contributed by atoms with E-state index >= 15 is 0 Å². The summed E-state index contributed by atoms with van der Waals surface area (Å²) in [6, 6.07) is 6.99. The monoisotopic (exact) mass is 360 g/mol. The maximum absolute atomic E-state index is 4.74. The molecule has 5 heteroatoms. The fourth-order valence-electron chi connectivity index (χ4n) is 3.70. The van der Waals surface area contributed by atoms with E-state index in [4.69, 9.17) is 4.98 Å². The van der Waals surface area contributed by atoms with Crippen molar-refractivity contribution in [2.24, 2.45) is 0 Å². The summed E-state index contributed by atoms with van der Waals surface area (Å²) in [4.78, 5) is 14.3. The molecule has 0 N–H and O–H groups in total. The number of hydrogen-bond acceptors (Lipinski definition) is 4. The van der Waals surface area contributed by atoms with E-state index in [0.717, 1.165) is 53.5 Å². The molecular weight excluding hydrogens is 340 g/mol. The van der Waals surface area contributed by atoms with Gasteiger partial charge in [0.15, 0.2) is 0 Å². The van der Waals surface area contributed by atoms with Gasteiger partial charge in [0.1, 0.15) is 0 Å². The lowest BCUT2D eigenvalue weighted by Gasteiger charge is -2.38. The second-order valence-electron chi connectivity index (χ2n) is 6.33. The minimum Gasteiger partial charge on any atom is -0.338 e. The third-order valence-electron chi connectivity index (χ3n) is 4.97. The van der Waals surface area contributed by atoms with E-state index in [2.05, 4.69) is 42.8 Å². The van der Waals surface area contributed by atoms with Gasteiger partial charge in [-0.25, -0.2) is 9.97 Å². The van der Waals surface area contributed by atoms with Crippen LogP contribution in [0.25, 0.3) is 10.9 Å². The quantitative estimate of drug-likeness (QED) is 0.820. The Balaban J connectivity index is 1.47. The molecule has 0 atom stereocenters. The second-order valence-corrected chi connectivity index (χ2v) is 7.25. The predicted molar refractivity (Wildman–Crippen MR) is 93.3 cm³/mol. The first kappa shape index (κ1) is 14.4. The topological polar surface area (TPSA) is 32.3 Å². The van der Waals surface area contributed by atoms with Crippen LogP contribution in [0.5, 0.6) is 0 Å². The van der Waals surface area contributed by atoms with E-state index in [9.17, 15) is 0 Å². The molecule has 1 aliphatic carbocycles. The zero-order chi connectivity index (χ0) is 14.9. The summed E-state index contributed by atoms with van der Waals surface area (Å²) in [5.41, 5.74) is 1.02. The lowest BCUT2D eigenvalue weighted by atomic mass is 10.2. The minimum absolute atomic E-state index is 0.831. The highest BCUT2D eigenvalue weighted by Gasteiger charge is 2.26.